The number of halogens is 1. The van der Waals surface area contributed by atoms with Crippen LogP contribution in [-0.2, 0) is 0 Å². The average molecular weight is 226 g/mol. The highest BCUT2D eigenvalue weighted by molar-refractivity contribution is 6.31. The van der Waals surface area contributed by atoms with Gasteiger partial charge in [-0.2, -0.15) is 0 Å². The number of fused-ring (bicyclic) bond motifs is 1. The van der Waals surface area contributed by atoms with Gasteiger partial charge in [0.05, 0.1) is 0 Å². The number of ether oxygens (including phenoxy) is 2. The van der Waals surface area contributed by atoms with Gasteiger partial charge >= 0.3 is 0 Å². The molecule has 1 fully saturated rings. The first kappa shape index (κ1) is 9.31. The summed E-state index contributed by atoms with van der Waals surface area (Å²) in [6, 6.07) is 4.21. The highest BCUT2D eigenvalue weighted by atomic mass is 35.5. The summed E-state index contributed by atoms with van der Waals surface area (Å²) in [5.74, 6) is 1.56. The zero-order valence-electron chi connectivity index (χ0n) is 8.25. The van der Waals surface area contributed by atoms with E-state index in [0.29, 0.717) is 12.8 Å². The van der Waals surface area contributed by atoms with Gasteiger partial charge in [-0.1, -0.05) is 11.6 Å². The third-order valence-electron chi connectivity index (χ3n) is 2.93. The van der Waals surface area contributed by atoms with E-state index in [0.717, 1.165) is 35.1 Å². The second-order valence-corrected chi connectivity index (χ2v) is 4.28. The summed E-state index contributed by atoms with van der Waals surface area (Å²) < 4.78 is 10.6. The molecule has 1 aromatic rings. The van der Waals surface area contributed by atoms with Crippen LogP contribution in [0.15, 0.2) is 12.1 Å². The van der Waals surface area contributed by atoms with Crippen LogP contribution in [0.3, 0.4) is 0 Å². The minimum atomic E-state index is 0.299. The molecule has 3 nitrogen and oxygen atoms in total. The quantitative estimate of drug-likeness (QED) is 0.797. The smallest absolute Gasteiger partial charge is 0.231 e. The minimum absolute atomic E-state index is 0.299. The van der Waals surface area contributed by atoms with Gasteiger partial charge < -0.3 is 14.8 Å². The normalized spacial score (nSPS) is 23.4. The molecule has 1 unspecified atom stereocenters. The molecule has 1 atom stereocenters. The van der Waals surface area contributed by atoms with E-state index in [9.17, 15) is 0 Å². The van der Waals surface area contributed by atoms with Gasteiger partial charge in [0, 0.05) is 17.1 Å². The Bertz CT molecular complexity index is 388. The zero-order chi connectivity index (χ0) is 10.3. The fourth-order valence-electron chi connectivity index (χ4n) is 2.15. The van der Waals surface area contributed by atoms with E-state index in [-0.39, 0.29) is 0 Å². The lowest BCUT2D eigenvalue weighted by molar-refractivity contribution is 0.174. The van der Waals surface area contributed by atoms with Crippen LogP contribution in [0.1, 0.15) is 24.4 Å². The van der Waals surface area contributed by atoms with Crippen molar-refractivity contribution in [3.05, 3.63) is 22.7 Å². The lowest BCUT2D eigenvalue weighted by atomic mass is 10.0. The minimum Gasteiger partial charge on any atom is -0.454 e. The second-order valence-electron chi connectivity index (χ2n) is 3.88. The maximum Gasteiger partial charge on any atom is 0.231 e. The van der Waals surface area contributed by atoms with Crippen molar-refractivity contribution in [2.45, 2.75) is 18.9 Å². The van der Waals surface area contributed by atoms with E-state index in [1.54, 1.807) is 0 Å². The van der Waals surface area contributed by atoms with Crippen LogP contribution in [0.4, 0.5) is 0 Å². The maximum absolute atomic E-state index is 6.21. The molecule has 3 rings (SSSR count). The van der Waals surface area contributed by atoms with E-state index in [4.69, 9.17) is 21.1 Å². The van der Waals surface area contributed by atoms with Gasteiger partial charge in [-0.05, 0) is 31.0 Å². The molecule has 0 aromatic heterocycles. The van der Waals surface area contributed by atoms with Gasteiger partial charge in [0.1, 0.15) is 0 Å². The SMILES string of the molecule is Clc1cc2c(cc1C1CCCN1)OCO2. The van der Waals surface area contributed by atoms with Gasteiger partial charge in [-0.15, -0.1) is 0 Å². The lowest BCUT2D eigenvalue weighted by Crippen LogP contribution is -2.13. The van der Waals surface area contributed by atoms with E-state index in [1.165, 1.54) is 6.42 Å². The fourth-order valence-corrected chi connectivity index (χ4v) is 2.44. The number of hydrogen-bond acceptors (Lipinski definition) is 3. The molecule has 1 N–H and O–H groups in total. The highest BCUT2D eigenvalue weighted by Crippen LogP contribution is 2.40. The summed E-state index contributed by atoms with van der Waals surface area (Å²) in [7, 11) is 0. The molecule has 1 aromatic carbocycles. The molecule has 15 heavy (non-hydrogen) atoms. The molecule has 0 aliphatic carbocycles. The van der Waals surface area contributed by atoms with Crippen molar-refractivity contribution >= 4 is 11.6 Å². The fraction of sp³-hybridized carbons (Fsp3) is 0.455. The van der Waals surface area contributed by atoms with Crippen LogP contribution in [0, 0.1) is 0 Å². The van der Waals surface area contributed by atoms with E-state index < -0.39 is 0 Å². The molecule has 1 saturated heterocycles. The van der Waals surface area contributed by atoms with Gasteiger partial charge in [0.2, 0.25) is 6.79 Å². The molecule has 4 heteroatoms. The highest BCUT2D eigenvalue weighted by Gasteiger charge is 2.23. The van der Waals surface area contributed by atoms with Crippen molar-refractivity contribution in [1.82, 2.24) is 5.32 Å². The third-order valence-corrected chi connectivity index (χ3v) is 3.25. The lowest BCUT2D eigenvalue weighted by Gasteiger charge is -2.13. The van der Waals surface area contributed by atoms with Crippen molar-refractivity contribution in [3.8, 4) is 11.5 Å². The Kier molecular flexibility index (Phi) is 2.22. The Hall–Kier alpha value is -0.930. The molecule has 2 aliphatic heterocycles. The van der Waals surface area contributed by atoms with E-state index in [2.05, 4.69) is 5.32 Å². The Labute approximate surface area is 93.3 Å². The van der Waals surface area contributed by atoms with Gasteiger partial charge in [-0.3, -0.25) is 0 Å². The Morgan fingerprint density at radius 2 is 2.07 bits per heavy atom. The summed E-state index contributed by atoms with van der Waals surface area (Å²) in [6.45, 7) is 1.36. The van der Waals surface area contributed by atoms with Crippen LogP contribution in [0.2, 0.25) is 5.02 Å². The van der Waals surface area contributed by atoms with E-state index in [1.807, 2.05) is 12.1 Å². The first-order chi connectivity index (χ1) is 7.34. The summed E-state index contributed by atoms with van der Waals surface area (Å²) in [4.78, 5) is 0. The van der Waals surface area contributed by atoms with Crippen molar-refractivity contribution in [3.63, 3.8) is 0 Å². The van der Waals surface area contributed by atoms with Crippen LogP contribution < -0.4 is 14.8 Å². The zero-order valence-corrected chi connectivity index (χ0v) is 9.01. The largest absolute Gasteiger partial charge is 0.454 e. The van der Waals surface area contributed by atoms with Gasteiger partial charge in [0.15, 0.2) is 11.5 Å². The molecule has 80 valence electrons. The first-order valence-corrected chi connectivity index (χ1v) is 5.55. The van der Waals surface area contributed by atoms with E-state index >= 15 is 0 Å². The summed E-state index contributed by atoms with van der Waals surface area (Å²) in [6.07, 6.45) is 2.34. The topological polar surface area (TPSA) is 30.5 Å². The summed E-state index contributed by atoms with van der Waals surface area (Å²) in [5.41, 5.74) is 1.12. The molecule has 0 radical (unpaired) electrons. The van der Waals surface area contributed by atoms with Gasteiger partial charge in [0.25, 0.3) is 0 Å². The van der Waals surface area contributed by atoms with Crippen LogP contribution in [0.25, 0.3) is 0 Å². The third kappa shape index (κ3) is 1.56. The molecule has 2 heterocycles. The molecular weight excluding hydrogens is 214 g/mol. The Morgan fingerprint density at radius 3 is 2.80 bits per heavy atom. The van der Waals surface area contributed by atoms with Crippen LogP contribution in [0.5, 0.6) is 11.5 Å². The second kappa shape index (κ2) is 3.58. The van der Waals surface area contributed by atoms with Crippen LogP contribution >= 0.6 is 11.6 Å². The predicted molar refractivity (Wildman–Crippen MR) is 57.6 cm³/mol. The first-order valence-electron chi connectivity index (χ1n) is 5.17. The molecule has 0 amide bonds. The van der Waals surface area contributed by atoms with Crippen molar-refractivity contribution < 1.29 is 9.47 Å². The summed E-state index contributed by atoms with van der Waals surface area (Å²) >= 11 is 6.21. The molecule has 0 bridgehead atoms. The Morgan fingerprint density at radius 1 is 1.27 bits per heavy atom. The monoisotopic (exact) mass is 225 g/mol. The number of benzene rings is 1. The van der Waals surface area contributed by atoms with Crippen molar-refractivity contribution in [1.29, 1.82) is 0 Å². The Balaban J connectivity index is 2.00. The average Bonchev–Trinajstić information content (AvgIpc) is 2.85. The van der Waals surface area contributed by atoms with Crippen LogP contribution in [-0.4, -0.2) is 13.3 Å². The maximum atomic E-state index is 6.21. The number of nitrogens with one attached hydrogen (secondary N) is 1. The standard InChI is InChI=1S/C11H12ClNO2/c12-8-5-11-10(14-6-15-11)4-7(8)9-2-1-3-13-9/h4-5,9,13H,1-3,6H2. The predicted octanol–water partition coefficient (Wildman–Crippen LogP) is 2.49. The molecule has 0 spiro atoms. The van der Waals surface area contributed by atoms with Crippen molar-refractivity contribution in [2.75, 3.05) is 13.3 Å². The number of hydrogen-bond donors (Lipinski definition) is 1. The van der Waals surface area contributed by atoms with Gasteiger partial charge in [-0.25, -0.2) is 0 Å². The molecule has 0 saturated carbocycles. The summed E-state index contributed by atoms with van der Waals surface area (Å²) in [5, 5.41) is 4.19. The van der Waals surface area contributed by atoms with Crippen molar-refractivity contribution in [2.24, 2.45) is 0 Å². The number of rotatable bonds is 1. The molecular formula is C11H12ClNO2. The molecule has 2 aliphatic rings.